The summed E-state index contributed by atoms with van der Waals surface area (Å²) in [4.78, 5) is 6.76. The van der Waals surface area contributed by atoms with Crippen molar-refractivity contribution in [3.8, 4) is 6.07 Å². The Balaban J connectivity index is 0.00000300. The molecule has 6 nitrogen and oxygen atoms in total. The monoisotopic (exact) mass is 529 g/mol. The fourth-order valence-electron chi connectivity index (χ4n) is 3.99. The fourth-order valence-corrected chi connectivity index (χ4v) is 4.78. The predicted molar refractivity (Wildman–Crippen MR) is 133 cm³/mol. The van der Waals surface area contributed by atoms with Crippen LogP contribution in [-0.4, -0.2) is 62.9 Å². The van der Waals surface area contributed by atoms with Gasteiger partial charge in [-0.05, 0) is 44.1 Å². The number of nitriles is 1. The Morgan fingerprint density at radius 1 is 1.38 bits per heavy atom. The van der Waals surface area contributed by atoms with Crippen molar-refractivity contribution in [1.29, 1.82) is 5.26 Å². The lowest BCUT2D eigenvalue weighted by atomic mass is 9.99. The van der Waals surface area contributed by atoms with Gasteiger partial charge in [-0.1, -0.05) is 12.1 Å². The van der Waals surface area contributed by atoms with Gasteiger partial charge in [0.15, 0.2) is 5.96 Å². The van der Waals surface area contributed by atoms with E-state index in [2.05, 4.69) is 32.9 Å². The molecule has 2 N–H and O–H groups in total. The molecule has 1 aromatic carbocycles. The van der Waals surface area contributed by atoms with Crippen LogP contribution in [0.25, 0.3) is 0 Å². The van der Waals surface area contributed by atoms with E-state index in [0.717, 1.165) is 75.7 Å². The lowest BCUT2D eigenvalue weighted by molar-refractivity contribution is 0.0782. The Bertz CT molecular complexity index is 717. The molecule has 0 saturated carbocycles. The van der Waals surface area contributed by atoms with Gasteiger partial charge >= 0.3 is 0 Å². The second-order valence-electron chi connectivity index (χ2n) is 7.48. The molecule has 2 aliphatic rings. The molecule has 160 valence electrons. The van der Waals surface area contributed by atoms with Crippen molar-refractivity contribution in [1.82, 2.24) is 10.6 Å². The van der Waals surface area contributed by atoms with Crippen molar-refractivity contribution in [2.75, 3.05) is 51.1 Å². The number of benzene rings is 1. The zero-order valence-electron chi connectivity index (χ0n) is 17.3. The molecule has 8 heteroatoms. The molecule has 0 aromatic heterocycles. The second-order valence-corrected chi connectivity index (χ2v) is 8.76. The van der Waals surface area contributed by atoms with Gasteiger partial charge in [0.2, 0.25) is 0 Å². The van der Waals surface area contributed by atoms with E-state index in [0.29, 0.717) is 6.04 Å². The average molecular weight is 529 g/mol. The molecule has 29 heavy (non-hydrogen) atoms. The number of hydrogen-bond donors (Lipinski definition) is 2. The van der Waals surface area contributed by atoms with E-state index in [1.807, 2.05) is 43.1 Å². The third kappa shape index (κ3) is 6.40. The number of rotatable bonds is 5. The average Bonchev–Trinajstić information content (AvgIpc) is 2.77. The highest BCUT2D eigenvalue weighted by Gasteiger charge is 2.32. The van der Waals surface area contributed by atoms with Gasteiger partial charge in [0, 0.05) is 50.7 Å². The molecule has 2 saturated heterocycles. The Morgan fingerprint density at radius 2 is 2.14 bits per heavy atom. The van der Waals surface area contributed by atoms with Gasteiger partial charge in [0.1, 0.15) is 6.07 Å². The van der Waals surface area contributed by atoms with Gasteiger partial charge in [-0.2, -0.15) is 17.0 Å². The van der Waals surface area contributed by atoms with Crippen LogP contribution in [0.4, 0.5) is 5.69 Å². The Kier molecular flexibility index (Phi) is 9.86. The van der Waals surface area contributed by atoms with E-state index in [9.17, 15) is 5.26 Å². The molecule has 0 spiro atoms. The number of para-hydroxylation sites is 1. The summed E-state index contributed by atoms with van der Waals surface area (Å²) in [6.45, 7) is 4.43. The van der Waals surface area contributed by atoms with Crippen molar-refractivity contribution in [2.24, 2.45) is 4.99 Å². The van der Waals surface area contributed by atoms with E-state index >= 15 is 0 Å². The highest BCUT2D eigenvalue weighted by molar-refractivity contribution is 14.0. The van der Waals surface area contributed by atoms with Crippen molar-refractivity contribution < 1.29 is 4.74 Å². The zero-order valence-corrected chi connectivity index (χ0v) is 20.5. The number of piperidine rings is 1. The molecule has 2 fully saturated rings. The quantitative estimate of drug-likeness (QED) is 0.347. The number of anilines is 1. The molecule has 3 rings (SSSR count). The first kappa shape index (κ1) is 24.1. The first-order valence-electron chi connectivity index (χ1n) is 10.0. The lowest BCUT2D eigenvalue weighted by Gasteiger charge is -2.38. The van der Waals surface area contributed by atoms with Crippen molar-refractivity contribution in [2.45, 2.75) is 36.5 Å². The molecular formula is C21H32IN5OS. The number of nitrogens with zero attached hydrogens (tertiary/aromatic N) is 3. The number of ether oxygens (including phenoxy) is 1. The van der Waals surface area contributed by atoms with Crippen molar-refractivity contribution >= 4 is 47.4 Å². The van der Waals surface area contributed by atoms with Gasteiger partial charge in [0.05, 0.1) is 11.3 Å². The first-order chi connectivity index (χ1) is 13.7. The van der Waals surface area contributed by atoms with Crippen LogP contribution in [0.1, 0.15) is 31.2 Å². The molecular weight excluding hydrogens is 497 g/mol. The molecule has 1 atom stereocenters. The SMILES string of the molecule is CN=C(NCC1(SC)CCOCC1)NC1CCCN(c2ccccc2C#N)C1.I. The fraction of sp³-hybridized carbons (Fsp3) is 0.619. The molecule has 0 bridgehead atoms. The molecule has 0 amide bonds. The van der Waals surface area contributed by atoms with Crippen LogP contribution < -0.4 is 15.5 Å². The summed E-state index contributed by atoms with van der Waals surface area (Å²) in [7, 11) is 1.83. The van der Waals surface area contributed by atoms with E-state index in [1.165, 1.54) is 0 Å². The Labute approximate surface area is 195 Å². The predicted octanol–water partition coefficient (Wildman–Crippen LogP) is 3.22. The zero-order chi connectivity index (χ0) is 19.8. The summed E-state index contributed by atoms with van der Waals surface area (Å²) in [5.41, 5.74) is 1.77. The van der Waals surface area contributed by atoms with Crippen LogP contribution in [0.3, 0.4) is 0 Å². The summed E-state index contributed by atoms with van der Waals surface area (Å²) in [5.74, 6) is 0.861. The van der Waals surface area contributed by atoms with Crippen LogP contribution in [0.5, 0.6) is 0 Å². The van der Waals surface area contributed by atoms with E-state index in [4.69, 9.17) is 4.74 Å². The summed E-state index contributed by atoms with van der Waals surface area (Å²) in [6.07, 6.45) is 6.53. The number of nitrogens with one attached hydrogen (secondary N) is 2. The first-order valence-corrected chi connectivity index (χ1v) is 11.3. The summed E-state index contributed by atoms with van der Waals surface area (Å²) in [6, 6.07) is 10.5. The van der Waals surface area contributed by atoms with Gasteiger partial charge in [-0.15, -0.1) is 24.0 Å². The van der Waals surface area contributed by atoms with Crippen LogP contribution >= 0.6 is 35.7 Å². The second kappa shape index (κ2) is 11.9. The minimum Gasteiger partial charge on any atom is -0.381 e. The highest BCUT2D eigenvalue weighted by Crippen LogP contribution is 2.33. The maximum atomic E-state index is 9.41. The molecule has 1 unspecified atom stereocenters. The minimum atomic E-state index is 0. The molecule has 2 aliphatic heterocycles. The minimum absolute atomic E-state index is 0. The molecule has 1 aromatic rings. The molecule has 0 radical (unpaired) electrons. The Hall–Kier alpha value is -1.18. The van der Waals surface area contributed by atoms with Gasteiger partial charge < -0.3 is 20.3 Å². The number of hydrogen-bond acceptors (Lipinski definition) is 5. The standard InChI is InChI=1S/C21H31N5OS.HI/c1-23-20(24-16-21(28-2)9-12-27-13-10-21)25-18-7-5-11-26(15-18)19-8-4-3-6-17(19)14-22;/h3-4,6,8,18H,5,7,9-13,15-16H2,1-2H3,(H2,23,24,25);1H. The highest BCUT2D eigenvalue weighted by atomic mass is 127. The van der Waals surface area contributed by atoms with Crippen LogP contribution in [0, 0.1) is 11.3 Å². The summed E-state index contributed by atoms with van der Waals surface area (Å²) >= 11 is 1.93. The van der Waals surface area contributed by atoms with Crippen molar-refractivity contribution in [3.63, 3.8) is 0 Å². The summed E-state index contributed by atoms with van der Waals surface area (Å²) in [5, 5.41) is 16.6. The third-order valence-corrected chi connectivity index (χ3v) is 7.18. The smallest absolute Gasteiger partial charge is 0.191 e. The van der Waals surface area contributed by atoms with Gasteiger partial charge in [-0.25, -0.2) is 0 Å². The topological polar surface area (TPSA) is 72.7 Å². The number of thioether (sulfide) groups is 1. The van der Waals surface area contributed by atoms with E-state index in [1.54, 1.807) is 0 Å². The van der Waals surface area contributed by atoms with Crippen LogP contribution in [0.15, 0.2) is 29.3 Å². The largest absolute Gasteiger partial charge is 0.381 e. The van der Waals surface area contributed by atoms with Crippen LogP contribution in [0.2, 0.25) is 0 Å². The molecule has 2 heterocycles. The maximum absolute atomic E-state index is 9.41. The van der Waals surface area contributed by atoms with Crippen LogP contribution in [-0.2, 0) is 4.74 Å². The van der Waals surface area contributed by atoms with Gasteiger partial charge in [-0.3, -0.25) is 4.99 Å². The number of guanidine groups is 1. The number of halogens is 1. The van der Waals surface area contributed by atoms with E-state index < -0.39 is 0 Å². The maximum Gasteiger partial charge on any atom is 0.191 e. The van der Waals surface area contributed by atoms with Gasteiger partial charge in [0.25, 0.3) is 0 Å². The molecule has 0 aliphatic carbocycles. The summed E-state index contributed by atoms with van der Waals surface area (Å²) < 4.78 is 5.76. The lowest BCUT2D eigenvalue weighted by Crippen LogP contribution is -2.54. The normalized spacial score (nSPS) is 21.6. The number of aliphatic imine (C=N–C) groups is 1. The Morgan fingerprint density at radius 3 is 2.83 bits per heavy atom. The van der Waals surface area contributed by atoms with Crippen molar-refractivity contribution in [3.05, 3.63) is 29.8 Å². The third-order valence-electron chi connectivity index (χ3n) is 5.77. The van der Waals surface area contributed by atoms with E-state index in [-0.39, 0.29) is 28.7 Å².